The molecule has 0 heterocycles. The fourth-order valence-electron chi connectivity index (χ4n) is 0.211. The second kappa shape index (κ2) is 3.86. The van der Waals surface area contributed by atoms with E-state index in [1.807, 2.05) is 0 Å². The van der Waals surface area contributed by atoms with E-state index in [1.54, 1.807) is 0 Å². The third kappa shape index (κ3) is 3.49. The van der Waals surface area contributed by atoms with Crippen LogP contribution in [0, 0.1) is 0 Å². The highest BCUT2D eigenvalue weighted by molar-refractivity contribution is 5.81. The fraction of sp³-hybridized carbons (Fsp3) is 0.167. The summed E-state index contributed by atoms with van der Waals surface area (Å²) in [7, 11) is 0. The quantitative estimate of drug-likeness (QED) is 0.242. The molecule has 0 saturated carbocycles. The Kier molecular flexibility index (Phi) is 3.39. The van der Waals surface area contributed by atoms with Crippen molar-refractivity contribution in [3.63, 3.8) is 0 Å². The monoisotopic (exact) mass is 127 g/mol. The first-order valence-electron chi connectivity index (χ1n) is 2.32. The molecule has 49 valence electrons. The first kappa shape index (κ1) is 7.91. The molecule has 3 heteroatoms. The van der Waals surface area contributed by atoms with Gasteiger partial charge in [0.2, 0.25) is 0 Å². The zero-order valence-electron chi connectivity index (χ0n) is 4.87. The van der Waals surface area contributed by atoms with E-state index < -0.39 is 12.3 Å². The first-order chi connectivity index (χ1) is 4.20. The largest absolute Gasteiger partial charge is 0.426 e. The summed E-state index contributed by atoms with van der Waals surface area (Å²) in [6, 6.07) is 0. The number of carbonyl (C=O) groups is 1. The van der Waals surface area contributed by atoms with Crippen LogP contribution in [0.5, 0.6) is 0 Å². The lowest BCUT2D eigenvalue weighted by Gasteiger charge is -2.00. The van der Waals surface area contributed by atoms with Gasteiger partial charge in [0.15, 0.2) is 0 Å². The van der Waals surface area contributed by atoms with E-state index in [-0.39, 0.29) is 0 Å². The van der Waals surface area contributed by atoms with Crippen LogP contribution >= 0.6 is 0 Å². The summed E-state index contributed by atoms with van der Waals surface area (Å²) >= 11 is 0. The summed E-state index contributed by atoms with van der Waals surface area (Å²) in [5.74, 6) is -0.727. The fourth-order valence-corrected chi connectivity index (χ4v) is 0.211. The predicted molar refractivity (Wildman–Crippen MR) is 31.0 cm³/mol. The molecule has 0 saturated heterocycles. The summed E-state index contributed by atoms with van der Waals surface area (Å²) in [5, 5.41) is 10.3. The Morgan fingerprint density at radius 3 is 2.44 bits per heavy atom. The molecule has 0 spiro atoms. The molecule has 0 aliphatic carbocycles. The van der Waals surface area contributed by atoms with E-state index >= 15 is 0 Å². The van der Waals surface area contributed by atoms with Crippen molar-refractivity contribution in [1.29, 1.82) is 0 Å². The lowest BCUT2D eigenvalue weighted by Crippen LogP contribution is -2.10. The Labute approximate surface area is 53.3 Å². The topological polar surface area (TPSA) is 46.2 Å². The minimum atomic E-state index is -1.48. The average molecular weight is 127 g/mol. The Balaban J connectivity index is 3.58. The van der Waals surface area contributed by atoms with Gasteiger partial charge >= 0.3 is 5.97 Å². The summed E-state index contributed by atoms with van der Waals surface area (Å²) < 4.78 is 4.12. The molecule has 0 bridgehead atoms. The average Bonchev–Trinajstić information content (AvgIpc) is 1.87. The van der Waals surface area contributed by atoms with Gasteiger partial charge in [0.05, 0.1) is 0 Å². The molecule has 0 N–H and O–H groups in total. The van der Waals surface area contributed by atoms with E-state index in [0.29, 0.717) is 0 Å². The lowest BCUT2D eigenvalue weighted by molar-refractivity contribution is -0.162. The smallest absolute Gasteiger partial charge is 0.332 e. The second-order valence-electron chi connectivity index (χ2n) is 1.25. The molecule has 0 aliphatic heterocycles. The number of ether oxygens (including phenoxy) is 1. The zero-order valence-corrected chi connectivity index (χ0v) is 4.87. The zero-order chi connectivity index (χ0) is 7.28. The molecule has 0 aromatic heterocycles. The predicted octanol–water partition coefficient (Wildman–Crippen LogP) is 0.658. The third-order valence-corrected chi connectivity index (χ3v) is 0.591. The molecule has 0 rings (SSSR count). The highest BCUT2D eigenvalue weighted by atomic mass is 16.6. The van der Waals surface area contributed by atoms with Crippen molar-refractivity contribution >= 4 is 5.97 Å². The van der Waals surface area contributed by atoms with Crippen LogP contribution in [0.15, 0.2) is 25.3 Å². The molecule has 0 aromatic rings. The molecule has 1 radical (unpaired) electrons. The number of esters is 1. The summed E-state index contributed by atoms with van der Waals surface area (Å²) in [4.78, 5) is 10.2. The maximum atomic E-state index is 10.3. The Hall–Kier alpha value is -1.09. The molecular weight excluding hydrogens is 120 g/mol. The summed E-state index contributed by atoms with van der Waals surface area (Å²) in [6.45, 7) is 6.22. The summed E-state index contributed by atoms with van der Waals surface area (Å²) in [5.41, 5.74) is 0. The Bertz CT molecular complexity index is 128. The van der Waals surface area contributed by atoms with E-state index in [0.717, 1.165) is 12.2 Å². The van der Waals surface area contributed by atoms with Gasteiger partial charge in [-0.25, -0.2) is 4.79 Å². The van der Waals surface area contributed by atoms with Gasteiger partial charge in [-0.1, -0.05) is 13.2 Å². The van der Waals surface area contributed by atoms with Crippen LogP contribution in [0.4, 0.5) is 0 Å². The van der Waals surface area contributed by atoms with E-state index in [2.05, 4.69) is 17.9 Å². The highest BCUT2D eigenvalue weighted by Crippen LogP contribution is 1.88. The van der Waals surface area contributed by atoms with E-state index in [1.165, 1.54) is 0 Å². The van der Waals surface area contributed by atoms with Gasteiger partial charge in [0.1, 0.15) is 0 Å². The van der Waals surface area contributed by atoms with Gasteiger partial charge in [-0.05, 0) is 6.08 Å². The molecular formula is C6H7O3. The van der Waals surface area contributed by atoms with Crippen molar-refractivity contribution in [2.75, 3.05) is 0 Å². The minimum absolute atomic E-state index is 0.727. The Morgan fingerprint density at radius 2 is 2.11 bits per heavy atom. The lowest BCUT2D eigenvalue weighted by atomic mass is 10.6. The third-order valence-electron chi connectivity index (χ3n) is 0.591. The SMILES string of the molecule is C=CC(=O)OC([O])C=C. The maximum absolute atomic E-state index is 10.3. The van der Waals surface area contributed by atoms with Gasteiger partial charge in [0.25, 0.3) is 6.29 Å². The number of carbonyl (C=O) groups excluding carboxylic acids is 1. The standard InChI is InChI=1S/C6H7O3/c1-3-5(7)9-6(8)4-2/h3-5H,1-2H2. The summed E-state index contributed by atoms with van der Waals surface area (Å²) in [6.07, 6.45) is 0.436. The van der Waals surface area contributed by atoms with Crippen LogP contribution < -0.4 is 0 Å². The molecule has 0 aromatic carbocycles. The number of hydrogen-bond acceptors (Lipinski definition) is 2. The van der Waals surface area contributed by atoms with Gasteiger partial charge in [0, 0.05) is 6.08 Å². The normalized spacial score (nSPS) is 11.7. The van der Waals surface area contributed by atoms with Gasteiger partial charge < -0.3 is 4.74 Å². The molecule has 0 amide bonds. The molecule has 0 fully saturated rings. The second-order valence-corrected chi connectivity index (χ2v) is 1.25. The van der Waals surface area contributed by atoms with Crippen molar-refractivity contribution in [3.05, 3.63) is 25.3 Å². The van der Waals surface area contributed by atoms with Crippen molar-refractivity contribution in [2.24, 2.45) is 0 Å². The highest BCUT2D eigenvalue weighted by Gasteiger charge is 2.02. The van der Waals surface area contributed by atoms with Crippen LogP contribution in [0.2, 0.25) is 0 Å². The van der Waals surface area contributed by atoms with Crippen molar-refractivity contribution in [3.8, 4) is 0 Å². The van der Waals surface area contributed by atoms with Crippen molar-refractivity contribution in [1.82, 2.24) is 0 Å². The van der Waals surface area contributed by atoms with Crippen molar-refractivity contribution in [2.45, 2.75) is 6.29 Å². The van der Waals surface area contributed by atoms with Gasteiger partial charge in [-0.2, -0.15) is 5.11 Å². The first-order valence-corrected chi connectivity index (χ1v) is 2.32. The number of rotatable bonds is 3. The molecule has 3 nitrogen and oxygen atoms in total. The molecule has 1 atom stereocenters. The van der Waals surface area contributed by atoms with Crippen LogP contribution in [-0.2, 0) is 14.6 Å². The minimum Gasteiger partial charge on any atom is -0.426 e. The van der Waals surface area contributed by atoms with Crippen LogP contribution in [0.3, 0.4) is 0 Å². The van der Waals surface area contributed by atoms with Crippen LogP contribution in [0.25, 0.3) is 0 Å². The van der Waals surface area contributed by atoms with E-state index in [9.17, 15) is 9.90 Å². The number of hydrogen-bond donors (Lipinski definition) is 0. The van der Waals surface area contributed by atoms with Gasteiger partial charge in [-0.3, -0.25) is 0 Å². The van der Waals surface area contributed by atoms with Gasteiger partial charge in [-0.15, -0.1) is 0 Å². The van der Waals surface area contributed by atoms with E-state index in [4.69, 9.17) is 0 Å². The van der Waals surface area contributed by atoms with Crippen LogP contribution in [-0.4, -0.2) is 12.3 Å². The Morgan fingerprint density at radius 1 is 1.56 bits per heavy atom. The molecule has 0 aliphatic rings. The van der Waals surface area contributed by atoms with Crippen molar-refractivity contribution < 1.29 is 14.6 Å². The molecule has 9 heavy (non-hydrogen) atoms. The molecule has 1 unspecified atom stereocenters. The van der Waals surface area contributed by atoms with Crippen LogP contribution in [0.1, 0.15) is 0 Å². The maximum Gasteiger partial charge on any atom is 0.332 e.